The minimum atomic E-state index is 0.0841. The second-order valence-corrected chi connectivity index (χ2v) is 5.21. The minimum absolute atomic E-state index is 0.0841. The Morgan fingerprint density at radius 3 is 2.41 bits per heavy atom. The lowest BCUT2D eigenvalue weighted by Crippen LogP contribution is -2.13. The van der Waals surface area contributed by atoms with Crippen molar-refractivity contribution in [1.29, 1.82) is 0 Å². The Hall–Kier alpha value is -1.32. The molecule has 1 unspecified atom stereocenters. The molecule has 2 N–H and O–H groups in total. The molecule has 1 aromatic carbocycles. The van der Waals surface area contributed by atoms with Gasteiger partial charge in [-0.15, -0.1) is 0 Å². The molecule has 1 atom stereocenters. The number of rotatable bonds is 4. The third-order valence-corrected chi connectivity index (χ3v) is 3.61. The lowest BCUT2D eigenvalue weighted by Gasteiger charge is -2.15. The Bertz CT molecular complexity index is 446. The van der Waals surface area contributed by atoms with E-state index in [0.29, 0.717) is 0 Å². The summed E-state index contributed by atoms with van der Waals surface area (Å²) in [5, 5.41) is 4.26. The van der Waals surface area contributed by atoms with Crippen molar-refractivity contribution in [2.45, 2.75) is 12.5 Å². The van der Waals surface area contributed by atoms with E-state index in [9.17, 15) is 0 Å². The maximum Gasteiger partial charge on any atom is 0.0361 e. The molecular weight excluding hydrogens is 228 g/mol. The number of nitrogens with two attached hydrogens (primary N) is 1. The summed E-state index contributed by atoms with van der Waals surface area (Å²) >= 11 is 1.72. The zero-order chi connectivity index (χ0) is 12.3. The molecule has 0 aliphatic rings. The highest BCUT2D eigenvalue weighted by Gasteiger charge is 2.07. The Morgan fingerprint density at radius 2 is 1.88 bits per heavy atom. The third kappa shape index (κ3) is 3.08. The maximum absolute atomic E-state index is 6.20. The lowest BCUT2D eigenvalue weighted by atomic mass is 10.0. The summed E-state index contributed by atoms with van der Waals surface area (Å²) in [5.74, 6) is 0. The summed E-state index contributed by atoms with van der Waals surface area (Å²) in [6.45, 7) is 0. The first-order valence-corrected chi connectivity index (χ1v) is 6.65. The molecule has 0 fully saturated rings. The number of thiophene rings is 1. The van der Waals surface area contributed by atoms with E-state index >= 15 is 0 Å². The van der Waals surface area contributed by atoms with E-state index in [1.165, 1.54) is 16.8 Å². The molecule has 2 nitrogen and oxygen atoms in total. The number of anilines is 1. The molecule has 0 amide bonds. The fraction of sp³-hybridized carbons (Fsp3) is 0.286. The van der Waals surface area contributed by atoms with E-state index in [-0.39, 0.29) is 6.04 Å². The quantitative estimate of drug-likeness (QED) is 0.898. The topological polar surface area (TPSA) is 29.3 Å². The highest BCUT2D eigenvalue weighted by atomic mass is 32.1. The maximum atomic E-state index is 6.20. The van der Waals surface area contributed by atoms with Crippen LogP contribution in [0.25, 0.3) is 0 Å². The second-order valence-electron chi connectivity index (χ2n) is 4.43. The fourth-order valence-electron chi connectivity index (χ4n) is 1.80. The summed E-state index contributed by atoms with van der Waals surface area (Å²) in [6, 6.07) is 10.7. The van der Waals surface area contributed by atoms with Gasteiger partial charge < -0.3 is 10.6 Å². The largest absolute Gasteiger partial charge is 0.378 e. The van der Waals surface area contributed by atoms with Gasteiger partial charge in [0.05, 0.1) is 0 Å². The van der Waals surface area contributed by atoms with Crippen LogP contribution < -0.4 is 10.6 Å². The monoisotopic (exact) mass is 246 g/mol. The smallest absolute Gasteiger partial charge is 0.0361 e. The van der Waals surface area contributed by atoms with Crippen LogP contribution in [-0.4, -0.2) is 14.1 Å². The van der Waals surface area contributed by atoms with Crippen molar-refractivity contribution >= 4 is 17.0 Å². The van der Waals surface area contributed by atoms with E-state index in [4.69, 9.17) is 5.73 Å². The van der Waals surface area contributed by atoms with Crippen LogP contribution in [0.3, 0.4) is 0 Å². The molecule has 0 bridgehead atoms. The van der Waals surface area contributed by atoms with E-state index in [2.05, 4.69) is 46.0 Å². The molecule has 0 radical (unpaired) electrons. The molecule has 0 aliphatic heterocycles. The van der Waals surface area contributed by atoms with Crippen molar-refractivity contribution in [3.05, 3.63) is 52.2 Å². The van der Waals surface area contributed by atoms with Crippen molar-refractivity contribution in [2.24, 2.45) is 5.73 Å². The Labute approximate surface area is 107 Å². The van der Waals surface area contributed by atoms with Gasteiger partial charge in [-0.05, 0) is 46.5 Å². The molecule has 1 heterocycles. The molecule has 2 aromatic rings. The van der Waals surface area contributed by atoms with Gasteiger partial charge in [0.2, 0.25) is 0 Å². The molecule has 0 aliphatic carbocycles. The van der Waals surface area contributed by atoms with Crippen molar-refractivity contribution < 1.29 is 0 Å². The molecule has 0 saturated heterocycles. The van der Waals surface area contributed by atoms with Crippen LogP contribution in [0.2, 0.25) is 0 Å². The average Bonchev–Trinajstić information content (AvgIpc) is 2.82. The van der Waals surface area contributed by atoms with Crippen LogP contribution in [0.4, 0.5) is 5.69 Å². The zero-order valence-corrected chi connectivity index (χ0v) is 11.1. The normalized spacial score (nSPS) is 12.4. The van der Waals surface area contributed by atoms with Crippen molar-refractivity contribution in [1.82, 2.24) is 0 Å². The van der Waals surface area contributed by atoms with E-state index < -0.39 is 0 Å². The van der Waals surface area contributed by atoms with Gasteiger partial charge in [-0.25, -0.2) is 0 Å². The summed E-state index contributed by atoms with van der Waals surface area (Å²) in [4.78, 5) is 2.09. The molecule has 90 valence electrons. The van der Waals surface area contributed by atoms with Crippen LogP contribution in [0, 0.1) is 0 Å². The zero-order valence-electron chi connectivity index (χ0n) is 10.3. The number of hydrogen-bond acceptors (Lipinski definition) is 3. The van der Waals surface area contributed by atoms with Crippen LogP contribution >= 0.6 is 11.3 Å². The summed E-state index contributed by atoms with van der Waals surface area (Å²) < 4.78 is 0. The highest BCUT2D eigenvalue weighted by Crippen LogP contribution is 2.20. The van der Waals surface area contributed by atoms with Crippen LogP contribution in [0.5, 0.6) is 0 Å². The predicted octanol–water partition coefficient (Wildman–Crippen LogP) is 3.06. The van der Waals surface area contributed by atoms with Crippen LogP contribution in [0.15, 0.2) is 41.1 Å². The molecule has 0 saturated carbocycles. The van der Waals surface area contributed by atoms with Gasteiger partial charge in [0.1, 0.15) is 0 Å². The van der Waals surface area contributed by atoms with Crippen molar-refractivity contribution in [3.8, 4) is 0 Å². The van der Waals surface area contributed by atoms with Crippen LogP contribution in [0.1, 0.15) is 17.2 Å². The summed E-state index contributed by atoms with van der Waals surface area (Å²) in [7, 11) is 4.08. The molecule has 1 aromatic heterocycles. The van der Waals surface area contributed by atoms with Crippen LogP contribution in [-0.2, 0) is 6.42 Å². The first-order valence-electron chi connectivity index (χ1n) is 5.71. The van der Waals surface area contributed by atoms with Crippen molar-refractivity contribution in [2.75, 3.05) is 19.0 Å². The van der Waals surface area contributed by atoms with E-state index in [0.717, 1.165) is 6.42 Å². The van der Waals surface area contributed by atoms with Gasteiger partial charge >= 0.3 is 0 Å². The SMILES string of the molecule is CN(C)c1ccc(C(N)Cc2ccsc2)cc1. The standard InChI is InChI=1S/C14H18N2S/c1-16(2)13-5-3-12(4-6-13)14(15)9-11-7-8-17-10-11/h3-8,10,14H,9,15H2,1-2H3. The average molecular weight is 246 g/mol. The molecule has 3 heteroatoms. The van der Waals surface area contributed by atoms with Gasteiger partial charge in [0.25, 0.3) is 0 Å². The molecule has 2 rings (SSSR count). The first-order chi connectivity index (χ1) is 8.16. The lowest BCUT2D eigenvalue weighted by molar-refractivity contribution is 0.723. The highest BCUT2D eigenvalue weighted by molar-refractivity contribution is 7.07. The van der Waals surface area contributed by atoms with Gasteiger partial charge in [-0.2, -0.15) is 11.3 Å². The second kappa shape index (κ2) is 5.34. The Kier molecular flexibility index (Phi) is 3.82. The van der Waals surface area contributed by atoms with E-state index in [1.807, 2.05) is 14.1 Å². The minimum Gasteiger partial charge on any atom is -0.378 e. The van der Waals surface area contributed by atoms with Crippen molar-refractivity contribution in [3.63, 3.8) is 0 Å². The van der Waals surface area contributed by atoms with Gasteiger partial charge in [-0.3, -0.25) is 0 Å². The molecule has 17 heavy (non-hydrogen) atoms. The summed E-state index contributed by atoms with van der Waals surface area (Å²) in [6.07, 6.45) is 0.908. The molecule has 0 spiro atoms. The van der Waals surface area contributed by atoms with E-state index in [1.54, 1.807) is 11.3 Å². The third-order valence-electron chi connectivity index (χ3n) is 2.87. The van der Waals surface area contributed by atoms with Gasteiger partial charge in [0, 0.05) is 25.8 Å². The Balaban J connectivity index is 2.06. The predicted molar refractivity (Wildman–Crippen MR) is 75.7 cm³/mol. The van der Waals surface area contributed by atoms with Gasteiger partial charge in [-0.1, -0.05) is 12.1 Å². The summed E-state index contributed by atoms with van der Waals surface area (Å²) in [5.41, 5.74) is 9.92. The number of benzene rings is 1. The number of nitrogens with zero attached hydrogens (tertiary/aromatic N) is 1. The Morgan fingerprint density at radius 1 is 1.18 bits per heavy atom. The molecular formula is C14H18N2S. The first kappa shape index (κ1) is 12.1. The van der Waals surface area contributed by atoms with Gasteiger partial charge in [0.15, 0.2) is 0 Å². The number of hydrogen-bond donors (Lipinski definition) is 1. The fourth-order valence-corrected chi connectivity index (χ4v) is 2.48.